The van der Waals surface area contributed by atoms with Crippen LogP contribution < -0.4 is 4.80 Å². The number of hydrogen-bond acceptors (Lipinski definition) is 8. The number of halogens is 1. The van der Waals surface area contributed by atoms with Crippen LogP contribution in [0.4, 0.5) is 15.8 Å². The minimum Gasteiger partial charge on any atom is -0.465 e. The van der Waals surface area contributed by atoms with Gasteiger partial charge in [-0.05, 0) is 19.1 Å². The number of amides is 1. The van der Waals surface area contributed by atoms with Gasteiger partial charge in [-0.2, -0.15) is 4.99 Å². The molecule has 2 aromatic carbocycles. The molecule has 1 amide bonds. The van der Waals surface area contributed by atoms with Crippen LogP contribution in [0.25, 0.3) is 10.2 Å². The first-order valence-corrected chi connectivity index (χ1v) is 9.49. The third kappa shape index (κ3) is 4.61. The van der Waals surface area contributed by atoms with Crippen LogP contribution in [0.2, 0.25) is 0 Å². The summed E-state index contributed by atoms with van der Waals surface area (Å²) in [7, 11) is 0. The molecular weight excluding hydrogens is 435 g/mol. The predicted octanol–water partition coefficient (Wildman–Crippen LogP) is 2.96. The molecule has 0 bridgehead atoms. The number of carbonyl (C=O) groups is 2. The van der Waals surface area contributed by atoms with E-state index in [9.17, 15) is 34.2 Å². The number of para-hydroxylation sites is 1. The van der Waals surface area contributed by atoms with Crippen LogP contribution in [-0.2, 0) is 16.1 Å². The zero-order chi connectivity index (χ0) is 22.7. The molecular formula is C18H13FN4O7S. The van der Waals surface area contributed by atoms with Crippen LogP contribution in [0.3, 0.4) is 0 Å². The number of benzene rings is 2. The Morgan fingerprint density at radius 2 is 1.81 bits per heavy atom. The van der Waals surface area contributed by atoms with E-state index in [1.807, 2.05) is 0 Å². The van der Waals surface area contributed by atoms with E-state index in [2.05, 4.69) is 4.99 Å². The minimum absolute atomic E-state index is 0.0251. The molecule has 0 saturated heterocycles. The van der Waals surface area contributed by atoms with Gasteiger partial charge >= 0.3 is 5.97 Å². The molecule has 0 spiro atoms. The molecule has 160 valence electrons. The number of thiazole rings is 1. The SMILES string of the molecule is CCOC(=O)Cn1c(=NC(=O)c2cc([N+](=O)[O-])cc([N+](=O)[O-])c2)sc2cccc(F)c21. The number of non-ortho nitro benzene ring substituents is 2. The van der Waals surface area contributed by atoms with Crippen molar-refractivity contribution in [2.75, 3.05) is 6.61 Å². The summed E-state index contributed by atoms with van der Waals surface area (Å²) in [6.45, 7) is 1.25. The molecule has 3 rings (SSSR count). The van der Waals surface area contributed by atoms with Crippen LogP contribution in [0.15, 0.2) is 41.4 Å². The third-order valence-electron chi connectivity index (χ3n) is 4.01. The Kier molecular flexibility index (Phi) is 6.15. The second kappa shape index (κ2) is 8.79. The van der Waals surface area contributed by atoms with E-state index in [0.717, 1.165) is 28.0 Å². The monoisotopic (exact) mass is 448 g/mol. The van der Waals surface area contributed by atoms with Gasteiger partial charge in [-0.3, -0.25) is 29.8 Å². The lowest BCUT2D eigenvalue weighted by atomic mass is 10.1. The number of aromatic nitrogens is 1. The van der Waals surface area contributed by atoms with Gasteiger partial charge in [0, 0.05) is 12.1 Å². The van der Waals surface area contributed by atoms with Gasteiger partial charge in [0.15, 0.2) is 4.80 Å². The number of esters is 1. The summed E-state index contributed by atoms with van der Waals surface area (Å²) in [5.74, 6) is -2.38. The smallest absolute Gasteiger partial charge is 0.326 e. The maximum Gasteiger partial charge on any atom is 0.326 e. The van der Waals surface area contributed by atoms with Crippen molar-refractivity contribution in [2.45, 2.75) is 13.5 Å². The van der Waals surface area contributed by atoms with Crippen molar-refractivity contribution >= 4 is 44.8 Å². The molecule has 3 aromatic rings. The Morgan fingerprint density at radius 3 is 2.39 bits per heavy atom. The van der Waals surface area contributed by atoms with Crippen molar-refractivity contribution in [3.63, 3.8) is 0 Å². The molecule has 0 fully saturated rings. The van der Waals surface area contributed by atoms with E-state index in [-0.39, 0.29) is 16.9 Å². The first kappa shape index (κ1) is 21.7. The molecule has 0 aliphatic rings. The summed E-state index contributed by atoms with van der Waals surface area (Å²) >= 11 is 0.902. The van der Waals surface area contributed by atoms with Gasteiger partial charge in [0.2, 0.25) is 0 Å². The lowest BCUT2D eigenvalue weighted by molar-refractivity contribution is -0.394. The zero-order valence-electron chi connectivity index (χ0n) is 15.8. The molecule has 1 aromatic heterocycles. The molecule has 0 N–H and O–H groups in total. The fourth-order valence-corrected chi connectivity index (χ4v) is 3.78. The van der Waals surface area contributed by atoms with Crippen LogP contribution in [-0.4, -0.2) is 32.9 Å². The summed E-state index contributed by atoms with van der Waals surface area (Å²) in [5.41, 5.74) is -1.69. The first-order valence-electron chi connectivity index (χ1n) is 8.67. The van der Waals surface area contributed by atoms with Crippen molar-refractivity contribution in [3.8, 4) is 0 Å². The topological polar surface area (TPSA) is 147 Å². The maximum absolute atomic E-state index is 14.4. The number of ether oxygens (including phenoxy) is 1. The summed E-state index contributed by atoms with van der Waals surface area (Å²) in [6.07, 6.45) is 0. The van der Waals surface area contributed by atoms with Crippen LogP contribution in [0.5, 0.6) is 0 Å². The van der Waals surface area contributed by atoms with E-state index in [1.165, 1.54) is 12.1 Å². The second-order valence-electron chi connectivity index (χ2n) is 6.03. The number of fused-ring (bicyclic) bond motifs is 1. The quantitative estimate of drug-likeness (QED) is 0.320. The molecule has 0 saturated carbocycles. The average molecular weight is 448 g/mol. The number of nitro groups is 2. The first-order chi connectivity index (χ1) is 14.7. The Balaban J connectivity index is 2.17. The second-order valence-corrected chi connectivity index (χ2v) is 7.04. The Morgan fingerprint density at radius 1 is 1.16 bits per heavy atom. The Hall–Kier alpha value is -4.00. The maximum atomic E-state index is 14.4. The van der Waals surface area contributed by atoms with Crippen LogP contribution >= 0.6 is 11.3 Å². The molecule has 0 aliphatic heterocycles. The van der Waals surface area contributed by atoms with Gasteiger partial charge in [0.1, 0.15) is 12.4 Å². The molecule has 0 radical (unpaired) electrons. The van der Waals surface area contributed by atoms with Gasteiger partial charge in [-0.15, -0.1) is 0 Å². The van der Waals surface area contributed by atoms with Crippen LogP contribution in [0, 0.1) is 26.0 Å². The molecule has 0 unspecified atom stereocenters. The van der Waals surface area contributed by atoms with Gasteiger partial charge in [0.25, 0.3) is 17.3 Å². The molecule has 0 aliphatic carbocycles. The van der Waals surface area contributed by atoms with E-state index < -0.39 is 51.0 Å². The summed E-state index contributed by atoms with van der Waals surface area (Å²) in [5, 5.41) is 22.1. The Labute approximate surface area is 176 Å². The molecule has 13 heteroatoms. The number of nitrogens with zero attached hydrogens (tertiary/aromatic N) is 4. The highest BCUT2D eigenvalue weighted by atomic mass is 32.1. The van der Waals surface area contributed by atoms with Crippen molar-refractivity contribution in [2.24, 2.45) is 4.99 Å². The number of carbonyl (C=O) groups excluding carboxylic acids is 2. The number of nitro benzene ring substituents is 2. The predicted molar refractivity (Wildman–Crippen MR) is 106 cm³/mol. The fourth-order valence-electron chi connectivity index (χ4n) is 2.74. The molecule has 1 heterocycles. The van der Waals surface area contributed by atoms with E-state index in [0.29, 0.717) is 10.8 Å². The van der Waals surface area contributed by atoms with E-state index in [4.69, 9.17) is 4.74 Å². The standard InChI is InChI=1S/C18H13FN4O7S/c1-2-30-15(24)9-21-16-13(19)4-3-5-14(16)31-18(21)20-17(25)10-6-11(22(26)27)8-12(7-10)23(28)29/h3-8H,2,9H2,1H3. The van der Waals surface area contributed by atoms with Gasteiger partial charge < -0.3 is 9.30 Å². The molecule has 11 nitrogen and oxygen atoms in total. The van der Waals surface area contributed by atoms with Crippen molar-refractivity contribution < 1.29 is 28.6 Å². The van der Waals surface area contributed by atoms with Gasteiger partial charge in [0.05, 0.1) is 38.3 Å². The third-order valence-corrected chi connectivity index (χ3v) is 5.06. The Bertz CT molecular complexity index is 1270. The minimum atomic E-state index is -1.03. The fraction of sp³-hybridized carbons (Fsp3) is 0.167. The van der Waals surface area contributed by atoms with Crippen LogP contribution in [0.1, 0.15) is 17.3 Å². The van der Waals surface area contributed by atoms with Gasteiger partial charge in [-0.25, -0.2) is 4.39 Å². The summed E-state index contributed by atoms with van der Waals surface area (Å²) in [6, 6.07) is 6.59. The lowest BCUT2D eigenvalue weighted by Crippen LogP contribution is -2.23. The summed E-state index contributed by atoms with van der Waals surface area (Å²) in [4.78, 5) is 48.7. The van der Waals surface area contributed by atoms with Crippen molar-refractivity contribution in [1.29, 1.82) is 0 Å². The lowest BCUT2D eigenvalue weighted by Gasteiger charge is -2.05. The molecule has 0 atom stereocenters. The number of rotatable bonds is 6. The largest absolute Gasteiger partial charge is 0.465 e. The summed E-state index contributed by atoms with van der Waals surface area (Å²) < 4.78 is 20.8. The molecule has 31 heavy (non-hydrogen) atoms. The number of hydrogen-bond donors (Lipinski definition) is 0. The zero-order valence-corrected chi connectivity index (χ0v) is 16.6. The van der Waals surface area contributed by atoms with E-state index >= 15 is 0 Å². The average Bonchev–Trinajstić information content (AvgIpc) is 3.05. The normalized spacial score (nSPS) is 11.5. The highest BCUT2D eigenvalue weighted by Gasteiger charge is 2.21. The van der Waals surface area contributed by atoms with E-state index in [1.54, 1.807) is 13.0 Å². The van der Waals surface area contributed by atoms with Crippen molar-refractivity contribution in [3.05, 3.63) is 72.8 Å². The highest BCUT2D eigenvalue weighted by Crippen LogP contribution is 2.24. The van der Waals surface area contributed by atoms with Crippen molar-refractivity contribution in [1.82, 2.24) is 4.57 Å². The highest BCUT2D eigenvalue weighted by molar-refractivity contribution is 7.16. The van der Waals surface area contributed by atoms with Gasteiger partial charge in [-0.1, -0.05) is 17.4 Å².